The Morgan fingerprint density at radius 3 is 2.47 bits per heavy atom. The van der Waals surface area contributed by atoms with Gasteiger partial charge in [0, 0.05) is 21.8 Å². The van der Waals surface area contributed by atoms with E-state index in [1.807, 2.05) is 24.3 Å². The molecule has 2 nitrogen and oxygen atoms in total. The maximum atomic E-state index is 11.9. The molecule has 0 amide bonds. The Balaban J connectivity index is 2.11. The summed E-state index contributed by atoms with van der Waals surface area (Å²) in [6.45, 7) is 0. The van der Waals surface area contributed by atoms with Crippen LogP contribution in [0.1, 0.15) is 15.9 Å². The number of rotatable bonds is 3. The summed E-state index contributed by atoms with van der Waals surface area (Å²) in [6, 6.07) is 11.2. The number of carbonyl (C=O) groups excluding carboxylic acids is 1. The summed E-state index contributed by atoms with van der Waals surface area (Å²) in [5.74, 6) is 0.0513. The molecule has 0 N–H and O–H groups in total. The quantitative estimate of drug-likeness (QED) is 0.475. The van der Waals surface area contributed by atoms with Gasteiger partial charge in [-0.3, -0.25) is 4.79 Å². The highest BCUT2D eigenvalue weighted by Crippen LogP contribution is 2.11. The molecule has 1 heterocycles. The maximum Gasteiger partial charge on any atom is 0.168 e. The lowest BCUT2D eigenvalue weighted by atomic mass is 10.0. The smallest absolute Gasteiger partial charge is 0.168 e. The van der Waals surface area contributed by atoms with E-state index in [9.17, 15) is 4.79 Å². The van der Waals surface area contributed by atoms with Gasteiger partial charge in [0.15, 0.2) is 5.78 Å². The number of ketones is 1. The number of Topliss-reactive ketones (excluding diaryl/α,β-unsaturated/α-hetero) is 1. The summed E-state index contributed by atoms with van der Waals surface area (Å²) in [7, 11) is 0. The topological polar surface area (TPSA) is 30.0 Å². The molecule has 0 bridgehead atoms. The average Bonchev–Trinajstić information content (AvgIpc) is 2.33. The Morgan fingerprint density at radius 1 is 1.18 bits per heavy atom. The Hall–Kier alpha value is -0.940. The molecule has 0 saturated carbocycles. The molecule has 0 aliphatic heterocycles. The summed E-state index contributed by atoms with van der Waals surface area (Å²) in [5.41, 5.74) is 1.60. The lowest BCUT2D eigenvalue weighted by molar-refractivity contribution is 0.0992. The minimum Gasteiger partial charge on any atom is -0.294 e. The van der Waals surface area contributed by atoms with Crippen molar-refractivity contribution in [3.8, 4) is 0 Å². The van der Waals surface area contributed by atoms with E-state index < -0.39 is 0 Å². The molecule has 0 aliphatic carbocycles. The molecule has 2 aromatic rings. The van der Waals surface area contributed by atoms with Gasteiger partial charge in [0.05, 0.1) is 0 Å². The predicted molar refractivity (Wildman–Crippen MR) is 76.4 cm³/mol. The zero-order chi connectivity index (χ0) is 12.3. The summed E-state index contributed by atoms with van der Waals surface area (Å²) in [4.78, 5) is 15.8. The summed E-state index contributed by atoms with van der Waals surface area (Å²) >= 11 is 7.91. The molecule has 0 fully saturated rings. The fourth-order valence-electron chi connectivity index (χ4n) is 1.43. The average molecular weight is 358 g/mol. The van der Waals surface area contributed by atoms with Crippen LogP contribution in [0.25, 0.3) is 0 Å². The number of hydrogen-bond acceptors (Lipinski definition) is 2. The standard InChI is InChI=1S/C13H9ClINO/c14-13-6-3-10(8-16-13)12(17)7-9-1-4-11(15)5-2-9/h1-6,8H,7H2. The van der Waals surface area contributed by atoms with Gasteiger partial charge in [-0.1, -0.05) is 23.7 Å². The van der Waals surface area contributed by atoms with Crippen LogP contribution in [0.15, 0.2) is 42.6 Å². The van der Waals surface area contributed by atoms with Crippen molar-refractivity contribution in [3.63, 3.8) is 0 Å². The van der Waals surface area contributed by atoms with Gasteiger partial charge in [-0.05, 0) is 52.4 Å². The third-order valence-electron chi connectivity index (χ3n) is 2.33. The lowest BCUT2D eigenvalue weighted by Crippen LogP contribution is -2.03. The number of aromatic nitrogens is 1. The summed E-state index contributed by atoms with van der Waals surface area (Å²) < 4.78 is 1.16. The molecule has 17 heavy (non-hydrogen) atoms. The van der Waals surface area contributed by atoms with Crippen molar-refractivity contribution in [2.75, 3.05) is 0 Å². The molecular formula is C13H9ClINO. The van der Waals surface area contributed by atoms with Crippen molar-refractivity contribution < 1.29 is 4.79 Å². The van der Waals surface area contributed by atoms with Crippen molar-refractivity contribution in [2.24, 2.45) is 0 Å². The molecule has 1 aromatic heterocycles. The van der Waals surface area contributed by atoms with E-state index in [0.29, 0.717) is 17.1 Å². The normalized spacial score (nSPS) is 10.2. The number of hydrogen-bond donors (Lipinski definition) is 0. The second-order valence-electron chi connectivity index (χ2n) is 3.60. The molecule has 0 unspecified atom stereocenters. The third-order valence-corrected chi connectivity index (χ3v) is 3.27. The van der Waals surface area contributed by atoms with Gasteiger partial charge < -0.3 is 0 Å². The SMILES string of the molecule is O=C(Cc1ccc(I)cc1)c1ccc(Cl)nc1. The van der Waals surface area contributed by atoms with E-state index >= 15 is 0 Å². The van der Waals surface area contributed by atoms with Crippen molar-refractivity contribution in [3.05, 3.63) is 62.4 Å². The molecule has 2 rings (SSSR count). The molecule has 0 saturated heterocycles. The van der Waals surface area contributed by atoms with Crippen LogP contribution in [0.2, 0.25) is 5.15 Å². The number of nitrogens with zero attached hydrogens (tertiary/aromatic N) is 1. The van der Waals surface area contributed by atoms with Crippen LogP contribution in [0.3, 0.4) is 0 Å². The summed E-state index contributed by atoms with van der Waals surface area (Å²) in [5, 5.41) is 0.399. The number of halogens is 2. The van der Waals surface area contributed by atoms with E-state index in [1.165, 1.54) is 6.20 Å². The molecular weight excluding hydrogens is 349 g/mol. The van der Waals surface area contributed by atoms with E-state index in [-0.39, 0.29) is 5.78 Å². The Labute approximate surface area is 118 Å². The molecule has 86 valence electrons. The first kappa shape index (κ1) is 12.5. The highest BCUT2D eigenvalue weighted by molar-refractivity contribution is 14.1. The van der Waals surface area contributed by atoms with Gasteiger partial charge in [-0.2, -0.15) is 0 Å². The number of pyridine rings is 1. The van der Waals surface area contributed by atoms with Crippen LogP contribution in [-0.2, 0) is 6.42 Å². The molecule has 0 aliphatic rings. The van der Waals surface area contributed by atoms with Gasteiger partial charge in [0.25, 0.3) is 0 Å². The highest BCUT2D eigenvalue weighted by Gasteiger charge is 2.07. The van der Waals surface area contributed by atoms with Crippen molar-refractivity contribution in [1.29, 1.82) is 0 Å². The Bertz CT molecular complexity index is 522. The molecule has 0 radical (unpaired) electrons. The van der Waals surface area contributed by atoms with Gasteiger partial charge in [-0.15, -0.1) is 0 Å². The molecule has 4 heteroatoms. The zero-order valence-electron chi connectivity index (χ0n) is 8.86. The second-order valence-corrected chi connectivity index (χ2v) is 5.23. The van der Waals surface area contributed by atoms with Crippen LogP contribution in [0, 0.1) is 3.57 Å². The molecule has 1 aromatic carbocycles. The number of carbonyl (C=O) groups is 1. The third kappa shape index (κ3) is 3.51. The van der Waals surface area contributed by atoms with Crippen molar-refractivity contribution in [1.82, 2.24) is 4.98 Å². The van der Waals surface area contributed by atoms with Crippen LogP contribution < -0.4 is 0 Å². The van der Waals surface area contributed by atoms with Crippen molar-refractivity contribution >= 4 is 40.0 Å². The monoisotopic (exact) mass is 357 g/mol. The Morgan fingerprint density at radius 2 is 1.88 bits per heavy atom. The highest BCUT2D eigenvalue weighted by atomic mass is 127. The van der Waals surface area contributed by atoms with E-state index in [4.69, 9.17) is 11.6 Å². The first-order valence-corrected chi connectivity index (χ1v) is 6.50. The minimum atomic E-state index is 0.0513. The fourth-order valence-corrected chi connectivity index (χ4v) is 1.90. The fraction of sp³-hybridized carbons (Fsp3) is 0.0769. The van der Waals surface area contributed by atoms with Crippen LogP contribution in [0.5, 0.6) is 0 Å². The Kier molecular flexibility index (Phi) is 4.12. The van der Waals surface area contributed by atoms with E-state index in [0.717, 1.165) is 9.13 Å². The maximum absolute atomic E-state index is 11.9. The van der Waals surface area contributed by atoms with Gasteiger partial charge in [-0.25, -0.2) is 4.98 Å². The van der Waals surface area contributed by atoms with Gasteiger partial charge in [0.2, 0.25) is 0 Å². The first-order valence-electron chi connectivity index (χ1n) is 5.04. The minimum absolute atomic E-state index is 0.0513. The molecule has 0 spiro atoms. The van der Waals surface area contributed by atoms with Crippen molar-refractivity contribution in [2.45, 2.75) is 6.42 Å². The summed E-state index contributed by atoms with van der Waals surface area (Å²) in [6.07, 6.45) is 1.90. The first-order chi connectivity index (χ1) is 8.15. The largest absolute Gasteiger partial charge is 0.294 e. The van der Waals surface area contributed by atoms with E-state index in [1.54, 1.807) is 12.1 Å². The number of benzene rings is 1. The lowest BCUT2D eigenvalue weighted by Gasteiger charge is -2.01. The van der Waals surface area contributed by atoms with E-state index in [2.05, 4.69) is 27.6 Å². The zero-order valence-corrected chi connectivity index (χ0v) is 11.8. The van der Waals surface area contributed by atoms with Gasteiger partial charge >= 0.3 is 0 Å². The van der Waals surface area contributed by atoms with Crippen LogP contribution in [-0.4, -0.2) is 10.8 Å². The predicted octanol–water partition coefficient (Wildman–Crippen LogP) is 3.77. The molecule has 0 atom stereocenters. The second kappa shape index (κ2) is 5.60. The van der Waals surface area contributed by atoms with Gasteiger partial charge in [0.1, 0.15) is 5.15 Å². The van der Waals surface area contributed by atoms with Crippen LogP contribution in [0.4, 0.5) is 0 Å². The van der Waals surface area contributed by atoms with Crippen LogP contribution >= 0.6 is 34.2 Å².